The van der Waals surface area contributed by atoms with Crippen LogP contribution in [0.2, 0.25) is 0 Å². The third kappa shape index (κ3) is 6.27. The van der Waals surface area contributed by atoms with Gasteiger partial charge in [0.05, 0.1) is 36.5 Å². The van der Waals surface area contributed by atoms with E-state index in [9.17, 15) is 14.7 Å². The van der Waals surface area contributed by atoms with Gasteiger partial charge in [0.2, 0.25) is 0 Å². The van der Waals surface area contributed by atoms with Gasteiger partial charge in [0.25, 0.3) is 11.8 Å². The lowest BCUT2D eigenvalue weighted by atomic mass is 9.91. The lowest BCUT2D eigenvalue weighted by molar-refractivity contribution is -0.268. The molecule has 2 aliphatic rings. The number of hydrogen-bond acceptors (Lipinski definition) is 7. The van der Waals surface area contributed by atoms with E-state index in [4.69, 9.17) is 9.47 Å². The highest BCUT2D eigenvalue weighted by molar-refractivity contribution is 7.99. The molecule has 4 atom stereocenters. The molecular weight excluding hydrogens is 611 g/mol. The van der Waals surface area contributed by atoms with Gasteiger partial charge in [-0.15, -0.1) is 0 Å². The second kappa shape index (κ2) is 13.3. The molecule has 0 saturated carbocycles. The van der Waals surface area contributed by atoms with Crippen molar-refractivity contribution in [3.8, 4) is 11.1 Å². The van der Waals surface area contributed by atoms with Crippen molar-refractivity contribution < 1.29 is 24.2 Å². The van der Waals surface area contributed by atoms with Gasteiger partial charge >= 0.3 is 0 Å². The third-order valence-corrected chi connectivity index (χ3v) is 10.1. The van der Waals surface area contributed by atoms with E-state index in [1.807, 2.05) is 90.6 Å². The predicted molar refractivity (Wildman–Crippen MR) is 179 cm³/mol. The first-order valence-electron chi connectivity index (χ1n) is 15.6. The van der Waals surface area contributed by atoms with Crippen LogP contribution in [0.4, 0.5) is 0 Å². The molecule has 3 heterocycles. The number of hydrogen-bond donors (Lipinski definition) is 1. The quantitative estimate of drug-likeness (QED) is 0.137. The van der Waals surface area contributed by atoms with Crippen LogP contribution in [0, 0.1) is 5.92 Å². The van der Waals surface area contributed by atoms with Gasteiger partial charge in [-0.3, -0.25) is 14.5 Å². The summed E-state index contributed by atoms with van der Waals surface area (Å²) in [6.07, 6.45) is 2.86. The van der Waals surface area contributed by atoms with E-state index in [0.717, 1.165) is 44.3 Å². The number of aromatic nitrogens is 2. The number of ether oxygens (including phenoxy) is 2. The number of benzene rings is 4. The summed E-state index contributed by atoms with van der Waals surface area (Å²) in [7, 11) is 1.99. The van der Waals surface area contributed by atoms with Crippen molar-refractivity contribution in [2.75, 3.05) is 5.75 Å². The highest BCUT2D eigenvalue weighted by Crippen LogP contribution is 2.43. The van der Waals surface area contributed by atoms with Gasteiger partial charge in [-0.1, -0.05) is 97.5 Å². The molecule has 0 aliphatic carbocycles. The first-order chi connectivity index (χ1) is 22.9. The minimum atomic E-state index is -0.574. The number of nitrogens with zero attached hydrogens (tertiary/aromatic N) is 3. The second-order valence-electron chi connectivity index (χ2n) is 12.0. The summed E-state index contributed by atoms with van der Waals surface area (Å²) in [5, 5.41) is 10.5. The standard InChI is InChI=1S/C38H35N3O5S/c1-24-33(23-47-38-39-18-19-40(38)2)45-37(46-34(24)28-12-10-25(22-42)11-13-28)29-16-14-27(15-17-29)30-7-5-6-26(20-30)21-41-35(43)31-8-3-4-9-32(31)36(41)44/h3-20,24,33-34,37,42H,21-23H2,1-2H3. The van der Waals surface area contributed by atoms with Crippen molar-refractivity contribution >= 4 is 23.6 Å². The number of imide groups is 1. The summed E-state index contributed by atoms with van der Waals surface area (Å²) in [6, 6.07) is 30.9. The predicted octanol–water partition coefficient (Wildman–Crippen LogP) is 6.96. The monoisotopic (exact) mass is 645 g/mol. The molecule has 0 bridgehead atoms. The van der Waals surface area contributed by atoms with Gasteiger partial charge in [0, 0.05) is 36.7 Å². The summed E-state index contributed by atoms with van der Waals surface area (Å²) in [6.45, 7) is 2.36. The summed E-state index contributed by atoms with van der Waals surface area (Å²) in [4.78, 5) is 31.6. The number of amides is 2. The second-order valence-corrected chi connectivity index (χ2v) is 13.0. The molecule has 1 fully saturated rings. The molecule has 1 saturated heterocycles. The van der Waals surface area contributed by atoms with E-state index >= 15 is 0 Å². The highest BCUT2D eigenvalue weighted by Gasteiger charge is 2.39. The first kappa shape index (κ1) is 31.1. The van der Waals surface area contributed by atoms with Crippen molar-refractivity contribution in [2.24, 2.45) is 13.0 Å². The number of fused-ring (bicyclic) bond motifs is 1. The van der Waals surface area contributed by atoms with Crippen LogP contribution < -0.4 is 0 Å². The zero-order valence-electron chi connectivity index (χ0n) is 26.2. The molecule has 9 heteroatoms. The van der Waals surface area contributed by atoms with Crippen molar-refractivity contribution in [2.45, 2.75) is 43.7 Å². The number of imidazole rings is 1. The maximum atomic E-state index is 12.9. The summed E-state index contributed by atoms with van der Waals surface area (Å²) < 4.78 is 15.3. The van der Waals surface area contributed by atoms with Crippen molar-refractivity contribution in [1.82, 2.24) is 14.5 Å². The van der Waals surface area contributed by atoms with Crippen LogP contribution in [-0.4, -0.2) is 43.2 Å². The minimum absolute atomic E-state index is 0.00591. The fourth-order valence-electron chi connectivity index (χ4n) is 6.20. The van der Waals surface area contributed by atoms with Gasteiger partial charge in [-0.05, 0) is 46.0 Å². The number of aryl methyl sites for hydroxylation is 1. The molecule has 4 aromatic carbocycles. The Hall–Kier alpha value is -4.54. The minimum Gasteiger partial charge on any atom is -0.392 e. The number of aliphatic hydroxyl groups excluding tert-OH is 1. The van der Waals surface area contributed by atoms with Crippen LogP contribution in [0.5, 0.6) is 0 Å². The van der Waals surface area contributed by atoms with E-state index in [2.05, 4.69) is 11.9 Å². The smallest absolute Gasteiger partial charge is 0.261 e. The van der Waals surface area contributed by atoms with E-state index in [1.165, 1.54) is 4.90 Å². The Kier molecular flexibility index (Phi) is 8.79. The molecule has 0 radical (unpaired) electrons. The van der Waals surface area contributed by atoms with E-state index in [1.54, 1.807) is 42.2 Å². The van der Waals surface area contributed by atoms with E-state index < -0.39 is 6.29 Å². The van der Waals surface area contributed by atoms with Crippen LogP contribution in [0.15, 0.2) is 115 Å². The molecule has 0 spiro atoms. The zero-order chi connectivity index (χ0) is 32.5. The summed E-state index contributed by atoms with van der Waals surface area (Å²) in [5.74, 6) is 0.265. The van der Waals surface area contributed by atoms with Gasteiger partial charge in [0.1, 0.15) is 0 Å². The zero-order valence-corrected chi connectivity index (χ0v) is 27.0. The summed E-state index contributed by atoms with van der Waals surface area (Å²) >= 11 is 1.67. The molecule has 8 nitrogen and oxygen atoms in total. The maximum absolute atomic E-state index is 12.9. The molecule has 4 unspecified atom stereocenters. The Balaban J connectivity index is 1.10. The Labute approximate surface area is 278 Å². The molecule has 7 rings (SSSR count). The maximum Gasteiger partial charge on any atom is 0.261 e. The molecule has 2 aliphatic heterocycles. The Morgan fingerprint density at radius 3 is 2.17 bits per heavy atom. The topological polar surface area (TPSA) is 93.9 Å². The average Bonchev–Trinajstić information content (AvgIpc) is 3.63. The van der Waals surface area contributed by atoms with E-state index in [0.29, 0.717) is 11.1 Å². The van der Waals surface area contributed by atoms with Gasteiger partial charge in [-0.2, -0.15) is 0 Å². The van der Waals surface area contributed by atoms with Gasteiger partial charge in [0.15, 0.2) is 11.4 Å². The molecule has 2 amide bonds. The lowest BCUT2D eigenvalue weighted by Crippen LogP contribution is -2.38. The lowest BCUT2D eigenvalue weighted by Gasteiger charge is -2.41. The fourth-order valence-corrected chi connectivity index (χ4v) is 7.30. The number of thioether (sulfide) groups is 1. The Morgan fingerprint density at radius 2 is 1.51 bits per heavy atom. The van der Waals surface area contributed by atoms with Gasteiger partial charge in [-0.25, -0.2) is 4.98 Å². The molecule has 5 aromatic rings. The molecule has 47 heavy (non-hydrogen) atoms. The Bertz CT molecular complexity index is 1870. The van der Waals surface area contributed by atoms with Crippen LogP contribution in [0.3, 0.4) is 0 Å². The molecular formula is C38H35N3O5S. The first-order valence-corrected chi connectivity index (χ1v) is 16.6. The SMILES string of the molecule is CC1C(CSc2nccn2C)OC(c2ccc(-c3cccc(CN4C(=O)c5ccccc5C4=O)c3)cc2)OC1c1ccc(CO)cc1. The third-order valence-electron chi connectivity index (χ3n) is 8.94. The van der Waals surface area contributed by atoms with Gasteiger partial charge < -0.3 is 19.1 Å². The number of carbonyl (C=O) groups is 2. The molecule has 1 N–H and O–H groups in total. The Morgan fingerprint density at radius 1 is 0.809 bits per heavy atom. The number of carbonyl (C=O) groups excluding carboxylic acids is 2. The number of aliphatic hydroxyl groups is 1. The average molecular weight is 646 g/mol. The highest BCUT2D eigenvalue weighted by atomic mass is 32.2. The van der Waals surface area contributed by atoms with Crippen LogP contribution in [-0.2, 0) is 29.7 Å². The molecule has 238 valence electrons. The van der Waals surface area contributed by atoms with Crippen molar-refractivity contribution in [1.29, 1.82) is 0 Å². The van der Waals surface area contributed by atoms with Crippen LogP contribution in [0.25, 0.3) is 11.1 Å². The summed E-state index contributed by atoms with van der Waals surface area (Å²) in [5.41, 5.74) is 6.57. The van der Waals surface area contributed by atoms with Crippen LogP contribution in [0.1, 0.15) is 62.3 Å². The van der Waals surface area contributed by atoms with Crippen LogP contribution >= 0.6 is 11.8 Å². The molecule has 1 aromatic heterocycles. The fraction of sp³-hybridized carbons (Fsp3) is 0.237. The largest absolute Gasteiger partial charge is 0.392 e. The van der Waals surface area contributed by atoms with E-state index in [-0.39, 0.29) is 43.1 Å². The normalized spacial score (nSPS) is 20.9. The van der Waals surface area contributed by atoms with Crippen molar-refractivity contribution in [3.05, 3.63) is 143 Å². The van der Waals surface area contributed by atoms with Crippen molar-refractivity contribution in [3.63, 3.8) is 0 Å². The number of rotatable bonds is 9.